The summed E-state index contributed by atoms with van der Waals surface area (Å²) in [5.74, 6) is 0. The molecule has 0 aromatic rings. The standard InChI is InChI=1S/C10H22N2O.C2H6/c1-10(2,3)12-6-5-11(4)7-9(12)8-13;1-2/h9,13H,5-8H2,1-4H3;1-2H3. The molecule has 0 spiro atoms. The van der Waals surface area contributed by atoms with E-state index in [2.05, 4.69) is 37.6 Å². The van der Waals surface area contributed by atoms with E-state index in [1.54, 1.807) is 0 Å². The van der Waals surface area contributed by atoms with Gasteiger partial charge in [0.15, 0.2) is 0 Å². The summed E-state index contributed by atoms with van der Waals surface area (Å²) in [6.07, 6.45) is 0. The number of hydrogen-bond acceptors (Lipinski definition) is 3. The molecule has 3 heteroatoms. The fraction of sp³-hybridized carbons (Fsp3) is 1.00. The highest BCUT2D eigenvalue weighted by Crippen LogP contribution is 2.19. The molecule has 0 aromatic carbocycles. The largest absolute Gasteiger partial charge is 0.395 e. The molecule has 0 amide bonds. The smallest absolute Gasteiger partial charge is 0.0599 e. The van der Waals surface area contributed by atoms with E-state index in [-0.39, 0.29) is 12.1 Å². The molecule has 1 aliphatic heterocycles. The van der Waals surface area contributed by atoms with Crippen molar-refractivity contribution in [3.63, 3.8) is 0 Å². The van der Waals surface area contributed by atoms with Crippen LogP contribution in [0.3, 0.4) is 0 Å². The Labute approximate surface area is 95.1 Å². The van der Waals surface area contributed by atoms with Crippen molar-refractivity contribution in [2.75, 3.05) is 33.3 Å². The summed E-state index contributed by atoms with van der Waals surface area (Å²) in [6.45, 7) is 14.0. The van der Waals surface area contributed by atoms with Gasteiger partial charge in [0.05, 0.1) is 6.61 Å². The van der Waals surface area contributed by atoms with Gasteiger partial charge in [-0.05, 0) is 27.8 Å². The van der Waals surface area contributed by atoms with E-state index in [9.17, 15) is 5.11 Å². The van der Waals surface area contributed by atoms with Crippen molar-refractivity contribution in [1.82, 2.24) is 9.80 Å². The Hall–Kier alpha value is -0.120. The molecule has 1 fully saturated rings. The Bertz CT molecular complexity index is 165. The molecule has 1 rings (SSSR count). The molecule has 1 atom stereocenters. The lowest BCUT2D eigenvalue weighted by molar-refractivity contribution is -0.00645. The van der Waals surface area contributed by atoms with Gasteiger partial charge < -0.3 is 10.0 Å². The predicted octanol–water partition coefficient (Wildman–Crippen LogP) is 1.42. The highest BCUT2D eigenvalue weighted by molar-refractivity contribution is 4.88. The Morgan fingerprint density at radius 3 is 2.13 bits per heavy atom. The first kappa shape index (κ1) is 14.9. The van der Waals surface area contributed by atoms with E-state index in [1.807, 2.05) is 13.8 Å². The zero-order chi connectivity index (χ0) is 12.1. The molecule has 0 saturated carbocycles. The second kappa shape index (κ2) is 6.46. The van der Waals surface area contributed by atoms with Crippen LogP contribution < -0.4 is 0 Å². The van der Waals surface area contributed by atoms with Gasteiger partial charge in [-0.15, -0.1) is 0 Å². The van der Waals surface area contributed by atoms with E-state index in [4.69, 9.17) is 0 Å². The van der Waals surface area contributed by atoms with Crippen molar-refractivity contribution in [2.45, 2.75) is 46.2 Å². The Morgan fingerprint density at radius 1 is 1.20 bits per heavy atom. The molecule has 0 aromatic heterocycles. The fourth-order valence-corrected chi connectivity index (χ4v) is 2.05. The van der Waals surface area contributed by atoms with Crippen LogP contribution in [0.15, 0.2) is 0 Å². The average molecular weight is 216 g/mol. The summed E-state index contributed by atoms with van der Waals surface area (Å²) in [5, 5.41) is 9.27. The summed E-state index contributed by atoms with van der Waals surface area (Å²) >= 11 is 0. The van der Waals surface area contributed by atoms with Crippen molar-refractivity contribution in [1.29, 1.82) is 0 Å². The van der Waals surface area contributed by atoms with Crippen LogP contribution in [0.25, 0.3) is 0 Å². The first-order valence-corrected chi connectivity index (χ1v) is 6.01. The molecular weight excluding hydrogens is 188 g/mol. The van der Waals surface area contributed by atoms with Crippen LogP contribution in [0, 0.1) is 0 Å². The summed E-state index contributed by atoms with van der Waals surface area (Å²) in [4.78, 5) is 4.68. The third kappa shape index (κ3) is 4.49. The minimum atomic E-state index is 0.175. The lowest BCUT2D eigenvalue weighted by Gasteiger charge is -2.46. The zero-order valence-corrected chi connectivity index (χ0v) is 11.2. The maximum absolute atomic E-state index is 9.27. The number of likely N-dealkylation sites (N-methyl/N-ethyl adjacent to an activating group) is 1. The third-order valence-corrected chi connectivity index (χ3v) is 2.76. The summed E-state index contributed by atoms with van der Waals surface area (Å²) in [5.41, 5.74) is 0.175. The van der Waals surface area contributed by atoms with Gasteiger partial charge in [-0.1, -0.05) is 13.8 Å². The van der Waals surface area contributed by atoms with Gasteiger partial charge in [0.1, 0.15) is 0 Å². The van der Waals surface area contributed by atoms with Crippen LogP contribution in [0.4, 0.5) is 0 Å². The lowest BCUT2D eigenvalue weighted by atomic mass is 10.0. The predicted molar refractivity (Wildman–Crippen MR) is 66.2 cm³/mol. The number of aliphatic hydroxyl groups is 1. The van der Waals surface area contributed by atoms with Crippen molar-refractivity contribution in [2.24, 2.45) is 0 Å². The minimum absolute atomic E-state index is 0.175. The van der Waals surface area contributed by atoms with Gasteiger partial charge in [0.25, 0.3) is 0 Å². The summed E-state index contributed by atoms with van der Waals surface area (Å²) < 4.78 is 0. The van der Waals surface area contributed by atoms with E-state index >= 15 is 0 Å². The van der Waals surface area contributed by atoms with Crippen molar-refractivity contribution < 1.29 is 5.11 Å². The van der Waals surface area contributed by atoms with Crippen molar-refractivity contribution in [3.8, 4) is 0 Å². The van der Waals surface area contributed by atoms with E-state index in [0.717, 1.165) is 19.6 Å². The number of piperazine rings is 1. The first-order valence-electron chi connectivity index (χ1n) is 6.01. The molecule has 1 N–H and O–H groups in total. The van der Waals surface area contributed by atoms with Gasteiger partial charge >= 0.3 is 0 Å². The van der Waals surface area contributed by atoms with E-state index in [1.165, 1.54) is 0 Å². The highest BCUT2D eigenvalue weighted by atomic mass is 16.3. The molecule has 1 unspecified atom stereocenters. The van der Waals surface area contributed by atoms with Crippen LogP contribution in [-0.2, 0) is 0 Å². The Kier molecular flexibility index (Phi) is 6.41. The van der Waals surface area contributed by atoms with Crippen LogP contribution in [-0.4, -0.2) is 59.8 Å². The second-order valence-corrected chi connectivity index (χ2v) is 4.96. The average Bonchev–Trinajstić information content (AvgIpc) is 2.18. The molecule has 3 nitrogen and oxygen atoms in total. The molecule has 0 aliphatic carbocycles. The van der Waals surface area contributed by atoms with Crippen molar-refractivity contribution >= 4 is 0 Å². The number of nitrogens with zero attached hydrogens (tertiary/aromatic N) is 2. The van der Waals surface area contributed by atoms with Gasteiger partial charge in [-0.25, -0.2) is 0 Å². The number of rotatable bonds is 1. The monoisotopic (exact) mass is 216 g/mol. The Morgan fingerprint density at radius 2 is 1.73 bits per heavy atom. The molecule has 15 heavy (non-hydrogen) atoms. The van der Waals surface area contributed by atoms with Crippen LogP contribution in [0.1, 0.15) is 34.6 Å². The summed E-state index contributed by atoms with van der Waals surface area (Å²) in [6, 6.07) is 0.304. The van der Waals surface area contributed by atoms with Crippen LogP contribution in [0.5, 0.6) is 0 Å². The van der Waals surface area contributed by atoms with E-state index < -0.39 is 0 Å². The third-order valence-electron chi connectivity index (χ3n) is 2.76. The van der Waals surface area contributed by atoms with Crippen molar-refractivity contribution in [3.05, 3.63) is 0 Å². The second-order valence-electron chi connectivity index (χ2n) is 4.96. The zero-order valence-electron chi connectivity index (χ0n) is 11.2. The Balaban J connectivity index is 0.000000921. The van der Waals surface area contributed by atoms with E-state index in [0.29, 0.717) is 6.04 Å². The van der Waals surface area contributed by atoms with Gasteiger partial charge in [-0.2, -0.15) is 0 Å². The van der Waals surface area contributed by atoms with Gasteiger partial charge in [0, 0.05) is 31.2 Å². The SMILES string of the molecule is CC.CN1CCN(C(C)(C)C)C(CO)C1. The highest BCUT2D eigenvalue weighted by Gasteiger charge is 2.32. The molecular formula is C12H28N2O. The quantitative estimate of drug-likeness (QED) is 0.718. The van der Waals surface area contributed by atoms with Crippen LogP contribution in [0.2, 0.25) is 0 Å². The molecule has 0 radical (unpaired) electrons. The topological polar surface area (TPSA) is 26.7 Å². The van der Waals surface area contributed by atoms with Crippen LogP contribution >= 0.6 is 0 Å². The maximum Gasteiger partial charge on any atom is 0.0599 e. The van der Waals surface area contributed by atoms with Gasteiger partial charge in [0.2, 0.25) is 0 Å². The molecule has 0 bridgehead atoms. The normalized spacial score (nSPS) is 24.6. The minimum Gasteiger partial charge on any atom is -0.395 e. The first-order chi connectivity index (χ1) is 6.95. The molecule has 1 heterocycles. The molecule has 92 valence electrons. The lowest BCUT2D eigenvalue weighted by Crippen LogP contribution is -2.59. The maximum atomic E-state index is 9.27. The number of aliphatic hydroxyl groups excluding tert-OH is 1. The molecule has 1 aliphatic rings. The van der Waals surface area contributed by atoms with Gasteiger partial charge in [-0.3, -0.25) is 4.90 Å². The fourth-order valence-electron chi connectivity index (χ4n) is 2.05. The molecule has 1 saturated heterocycles. The summed E-state index contributed by atoms with van der Waals surface area (Å²) in [7, 11) is 2.11. The number of hydrogen-bond donors (Lipinski definition) is 1.